The second-order valence-corrected chi connectivity index (χ2v) is 8.62. The van der Waals surface area contributed by atoms with Crippen molar-refractivity contribution in [3.05, 3.63) is 59.9 Å². The van der Waals surface area contributed by atoms with Gasteiger partial charge >= 0.3 is 0 Å². The monoisotopic (exact) mass is 452 g/mol. The Balaban J connectivity index is 1.76. The quantitative estimate of drug-likeness (QED) is 0.334. The predicted molar refractivity (Wildman–Crippen MR) is 123 cm³/mol. The standard InChI is InChI=1S/C24H25FN4O2S/c1-3-4-5-10-15-32-24-26-22-21(27-28-24)18-12-7-9-14-20(18)29(16(2)30)23(31-22)17-11-6-8-13-19(17)25/h6-9,11-14,23H,3-5,10,15H2,1-2H3. The van der Waals surface area contributed by atoms with Crippen LogP contribution in [0.4, 0.5) is 10.1 Å². The minimum Gasteiger partial charge on any atom is -0.447 e. The van der Waals surface area contributed by atoms with E-state index in [1.807, 2.05) is 18.2 Å². The second kappa shape index (κ2) is 10.1. The summed E-state index contributed by atoms with van der Waals surface area (Å²) >= 11 is 1.52. The topological polar surface area (TPSA) is 68.2 Å². The molecule has 1 aliphatic heterocycles. The normalized spacial score (nSPS) is 14.8. The van der Waals surface area contributed by atoms with Gasteiger partial charge in [-0.3, -0.25) is 9.69 Å². The predicted octanol–water partition coefficient (Wildman–Crippen LogP) is 5.79. The lowest BCUT2D eigenvalue weighted by Crippen LogP contribution is -2.36. The number of halogens is 1. The van der Waals surface area contributed by atoms with Crippen LogP contribution in [-0.2, 0) is 4.79 Å². The molecule has 32 heavy (non-hydrogen) atoms. The first kappa shape index (κ1) is 22.2. The SMILES string of the molecule is CCCCCCSc1nnc2c(n1)OC(c1ccccc1F)N(C(C)=O)c1ccccc1-2. The van der Waals surface area contributed by atoms with E-state index in [0.717, 1.165) is 18.6 Å². The van der Waals surface area contributed by atoms with Gasteiger partial charge in [-0.2, -0.15) is 4.98 Å². The molecule has 4 rings (SSSR count). The van der Waals surface area contributed by atoms with E-state index in [4.69, 9.17) is 4.74 Å². The molecule has 166 valence electrons. The van der Waals surface area contributed by atoms with Crippen molar-refractivity contribution in [2.24, 2.45) is 0 Å². The van der Waals surface area contributed by atoms with Crippen LogP contribution in [0.3, 0.4) is 0 Å². The van der Waals surface area contributed by atoms with Crippen molar-refractivity contribution in [1.29, 1.82) is 0 Å². The molecule has 1 aliphatic rings. The molecule has 0 saturated heterocycles. The van der Waals surface area contributed by atoms with Crippen LogP contribution in [-0.4, -0.2) is 26.8 Å². The van der Waals surface area contributed by atoms with Gasteiger partial charge in [0.2, 0.25) is 23.2 Å². The molecule has 0 radical (unpaired) electrons. The van der Waals surface area contributed by atoms with Crippen LogP contribution in [0.1, 0.15) is 51.3 Å². The number of rotatable bonds is 7. The summed E-state index contributed by atoms with van der Waals surface area (Å²) in [6.45, 7) is 3.61. The number of amides is 1. The van der Waals surface area contributed by atoms with Gasteiger partial charge in [-0.1, -0.05) is 74.3 Å². The first-order valence-electron chi connectivity index (χ1n) is 10.8. The van der Waals surface area contributed by atoms with E-state index in [1.54, 1.807) is 24.3 Å². The van der Waals surface area contributed by atoms with E-state index in [9.17, 15) is 9.18 Å². The summed E-state index contributed by atoms with van der Waals surface area (Å²) in [4.78, 5) is 18.8. The number of nitrogens with zero attached hydrogens (tertiary/aromatic N) is 4. The number of hydrogen-bond donors (Lipinski definition) is 0. The van der Waals surface area contributed by atoms with Crippen molar-refractivity contribution in [2.75, 3.05) is 10.7 Å². The Hall–Kier alpha value is -3.00. The fourth-order valence-electron chi connectivity index (χ4n) is 3.68. The maximum Gasteiger partial charge on any atom is 0.247 e. The Morgan fingerprint density at radius 3 is 2.66 bits per heavy atom. The fraction of sp³-hybridized carbons (Fsp3) is 0.333. The highest BCUT2D eigenvalue weighted by molar-refractivity contribution is 7.99. The van der Waals surface area contributed by atoms with Crippen molar-refractivity contribution in [1.82, 2.24) is 15.2 Å². The van der Waals surface area contributed by atoms with Crippen LogP contribution in [0.2, 0.25) is 0 Å². The zero-order valence-electron chi connectivity index (χ0n) is 18.1. The maximum absolute atomic E-state index is 14.8. The van der Waals surface area contributed by atoms with E-state index < -0.39 is 12.0 Å². The van der Waals surface area contributed by atoms with Crippen LogP contribution >= 0.6 is 11.8 Å². The highest BCUT2D eigenvalue weighted by Gasteiger charge is 2.35. The van der Waals surface area contributed by atoms with Crippen molar-refractivity contribution in [3.63, 3.8) is 0 Å². The number of benzene rings is 2. The molecule has 1 atom stereocenters. The van der Waals surface area contributed by atoms with Gasteiger partial charge in [0.15, 0.2) is 5.69 Å². The van der Waals surface area contributed by atoms with Gasteiger partial charge in [0, 0.05) is 23.8 Å². The van der Waals surface area contributed by atoms with Gasteiger partial charge in [0.05, 0.1) is 5.69 Å². The summed E-state index contributed by atoms with van der Waals surface area (Å²) in [5.41, 5.74) is 1.91. The third-order valence-corrected chi connectivity index (χ3v) is 6.18. The van der Waals surface area contributed by atoms with Crippen LogP contribution in [0.5, 0.6) is 5.88 Å². The highest BCUT2D eigenvalue weighted by Crippen LogP contribution is 2.43. The van der Waals surface area contributed by atoms with Crippen molar-refractivity contribution < 1.29 is 13.9 Å². The van der Waals surface area contributed by atoms with Gasteiger partial charge in [-0.15, -0.1) is 10.2 Å². The van der Waals surface area contributed by atoms with Gasteiger partial charge < -0.3 is 4.74 Å². The molecule has 0 saturated carbocycles. The summed E-state index contributed by atoms with van der Waals surface area (Å²) in [6.07, 6.45) is 3.59. The Morgan fingerprint density at radius 1 is 1.09 bits per heavy atom. The largest absolute Gasteiger partial charge is 0.447 e. The average Bonchev–Trinajstić information content (AvgIpc) is 2.93. The van der Waals surface area contributed by atoms with E-state index >= 15 is 0 Å². The maximum atomic E-state index is 14.8. The summed E-state index contributed by atoms with van der Waals surface area (Å²) in [6, 6.07) is 13.6. The lowest BCUT2D eigenvalue weighted by molar-refractivity contribution is -0.118. The lowest BCUT2D eigenvalue weighted by atomic mass is 10.1. The van der Waals surface area contributed by atoms with Crippen molar-refractivity contribution in [3.8, 4) is 17.1 Å². The van der Waals surface area contributed by atoms with E-state index in [2.05, 4.69) is 22.1 Å². The van der Waals surface area contributed by atoms with Gasteiger partial charge in [0.1, 0.15) is 5.82 Å². The highest BCUT2D eigenvalue weighted by atomic mass is 32.2. The van der Waals surface area contributed by atoms with E-state index in [0.29, 0.717) is 22.1 Å². The number of unbranched alkanes of at least 4 members (excludes halogenated alkanes) is 3. The van der Waals surface area contributed by atoms with Crippen molar-refractivity contribution in [2.45, 2.75) is 50.9 Å². The molecule has 8 heteroatoms. The van der Waals surface area contributed by atoms with Gasteiger partial charge in [-0.05, 0) is 18.6 Å². The smallest absolute Gasteiger partial charge is 0.247 e. The number of para-hydroxylation sites is 1. The summed E-state index contributed by atoms with van der Waals surface area (Å²) in [5, 5.41) is 9.17. The minimum atomic E-state index is -1.02. The third-order valence-electron chi connectivity index (χ3n) is 5.25. The molecule has 1 unspecified atom stereocenters. The molecule has 0 aliphatic carbocycles. The molecular formula is C24H25FN4O2S. The zero-order valence-corrected chi connectivity index (χ0v) is 18.9. The number of anilines is 1. The third kappa shape index (κ3) is 4.60. The van der Waals surface area contributed by atoms with Crippen LogP contribution in [0, 0.1) is 5.82 Å². The Labute approximate surface area is 191 Å². The number of carbonyl (C=O) groups excluding carboxylic acids is 1. The molecule has 2 aromatic carbocycles. The number of carbonyl (C=O) groups is 1. The average molecular weight is 453 g/mol. The Morgan fingerprint density at radius 2 is 1.88 bits per heavy atom. The molecule has 3 aromatic rings. The first-order valence-corrected chi connectivity index (χ1v) is 11.8. The van der Waals surface area contributed by atoms with Crippen molar-refractivity contribution >= 4 is 23.4 Å². The fourth-order valence-corrected chi connectivity index (χ4v) is 4.46. The summed E-state index contributed by atoms with van der Waals surface area (Å²) in [7, 11) is 0. The zero-order chi connectivity index (χ0) is 22.5. The molecule has 6 nitrogen and oxygen atoms in total. The molecule has 2 heterocycles. The van der Waals surface area contributed by atoms with Crippen LogP contribution in [0.15, 0.2) is 53.7 Å². The molecule has 1 amide bonds. The van der Waals surface area contributed by atoms with Crippen LogP contribution in [0.25, 0.3) is 11.3 Å². The number of hydrogen-bond acceptors (Lipinski definition) is 6. The number of fused-ring (bicyclic) bond motifs is 3. The summed E-state index contributed by atoms with van der Waals surface area (Å²) in [5.74, 6) is 0.377. The molecule has 0 spiro atoms. The number of ether oxygens (including phenoxy) is 1. The molecule has 0 bridgehead atoms. The first-order chi connectivity index (χ1) is 15.6. The van der Waals surface area contributed by atoms with E-state index in [-0.39, 0.29) is 17.4 Å². The Bertz CT molecular complexity index is 1110. The molecule has 0 N–H and O–H groups in total. The van der Waals surface area contributed by atoms with E-state index in [1.165, 1.54) is 42.5 Å². The second-order valence-electron chi connectivity index (χ2n) is 7.56. The molecule has 1 aromatic heterocycles. The molecule has 0 fully saturated rings. The van der Waals surface area contributed by atoms with Gasteiger partial charge in [0.25, 0.3) is 0 Å². The molecular weight excluding hydrogens is 427 g/mol. The lowest BCUT2D eigenvalue weighted by Gasteiger charge is -2.30. The number of aromatic nitrogens is 3. The van der Waals surface area contributed by atoms with Gasteiger partial charge in [-0.25, -0.2) is 4.39 Å². The summed E-state index contributed by atoms with van der Waals surface area (Å²) < 4.78 is 21.0. The van der Waals surface area contributed by atoms with Crippen LogP contribution < -0.4 is 9.64 Å². The number of thioether (sulfide) groups is 1. The Kier molecular flexibility index (Phi) is 6.99. The minimum absolute atomic E-state index is 0.237.